The van der Waals surface area contributed by atoms with Crippen molar-refractivity contribution in [2.45, 2.75) is 51.5 Å². The molecule has 1 amide bonds. The van der Waals surface area contributed by atoms with Crippen LogP contribution in [0.15, 0.2) is 60.8 Å². The first kappa shape index (κ1) is 20.0. The van der Waals surface area contributed by atoms with Crippen LogP contribution in [0.4, 0.5) is 0 Å². The van der Waals surface area contributed by atoms with Crippen molar-refractivity contribution >= 4 is 5.91 Å². The Morgan fingerprint density at radius 1 is 1.03 bits per heavy atom. The molecule has 160 valence electrons. The van der Waals surface area contributed by atoms with E-state index in [0.717, 1.165) is 57.6 Å². The number of benzene rings is 2. The lowest BCUT2D eigenvalue weighted by Gasteiger charge is -2.31. The third-order valence-corrected chi connectivity index (χ3v) is 6.99. The molecule has 4 nitrogen and oxygen atoms in total. The van der Waals surface area contributed by atoms with Crippen molar-refractivity contribution < 1.29 is 4.79 Å². The highest BCUT2D eigenvalue weighted by Gasteiger charge is 2.28. The second-order valence-electron chi connectivity index (χ2n) is 9.27. The van der Waals surface area contributed by atoms with E-state index in [4.69, 9.17) is 4.98 Å². The summed E-state index contributed by atoms with van der Waals surface area (Å²) in [4.78, 5) is 19.9. The number of piperidine rings is 1. The van der Waals surface area contributed by atoms with Crippen molar-refractivity contribution in [1.82, 2.24) is 14.5 Å². The molecule has 1 aromatic heterocycles. The highest BCUT2D eigenvalue weighted by Crippen LogP contribution is 2.30. The van der Waals surface area contributed by atoms with Crippen LogP contribution in [0, 0.1) is 12.8 Å². The minimum absolute atomic E-state index is 0.104. The van der Waals surface area contributed by atoms with Gasteiger partial charge in [-0.3, -0.25) is 4.79 Å². The number of nitrogens with zero attached hydrogens (tertiary/aromatic N) is 3. The van der Waals surface area contributed by atoms with E-state index in [1.54, 1.807) is 0 Å². The standard InChI is InChI=1S/C27H31N3O/c1-20-6-5-9-23(16-20)24-10-11-26-28-25(19-30(26)18-24)27(31)29-14-12-22(13-15-29)17-21-7-3-2-4-8-21/h2-9,16,19,22,24H,10-15,17-18H2,1H3. The fourth-order valence-electron chi connectivity index (χ4n) is 5.19. The first-order valence-corrected chi connectivity index (χ1v) is 11.6. The Hall–Kier alpha value is -2.88. The number of hydrogen-bond donors (Lipinski definition) is 0. The van der Waals surface area contributed by atoms with Gasteiger partial charge in [0.15, 0.2) is 0 Å². The first-order chi connectivity index (χ1) is 15.2. The summed E-state index contributed by atoms with van der Waals surface area (Å²) in [5, 5.41) is 0. The first-order valence-electron chi connectivity index (χ1n) is 11.6. The third-order valence-electron chi connectivity index (χ3n) is 6.99. The van der Waals surface area contributed by atoms with Crippen LogP contribution in [0.25, 0.3) is 0 Å². The zero-order valence-electron chi connectivity index (χ0n) is 18.3. The highest BCUT2D eigenvalue weighted by atomic mass is 16.2. The van der Waals surface area contributed by atoms with Gasteiger partial charge in [0.25, 0.3) is 5.91 Å². The predicted octanol–water partition coefficient (Wildman–Crippen LogP) is 5.02. The maximum atomic E-state index is 13.1. The molecule has 2 aromatic carbocycles. The van der Waals surface area contributed by atoms with Gasteiger partial charge in [-0.15, -0.1) is 0 Å². The second-order valence-corrected chi connectivity index (χ2v) is 9.27. The Morgan fingerprint density at radius 2 is 1.84 bits per heavy atom. The summed E-state index contributed by atoms with van der Waals surface area (Å²) in [7, 11) is 0. The topological polar surface area (TPSA) is 38.1 Å². The van der Waals surface area contributed by atoms with Crippen LogP contribution in [-0.4, -0.2) is 33.4 Å². The van der Waals surface area contributed by atoms with Crippen molar-refractivity contribution in [3.63, 3.8) is 0 Å². The fourth-order valence-corrected chi connectivity index (χ4v) is 5.19. The molecule has 0 aliphatic carbocycles. The summed E-state index contributed by atoms with van der Waals surface area (Å²) in [6.45, 7) is 4.74. The number of hydrogen-bond acceptors (Lipinski definition) is 2. The quantitative estimate of drug-likeness (QED) is 0.603. The molecular weight excluding hydrogens is 382 g/mol. The van der Waals surface area contributed by atoms with E-state index in [-0.39, 0.29) is 5.91 Å². The van der Waals surface area contributed by atoms with Gasteiger partial charge < -0.3 is 9.47 Å². The maximum absolute atomic E-state index is 13.1. The van der Waals surface area contributed by atoms with Crippen molar-refractivity contribution in [3.8, 4) is 0 Å². The number of carbonyl (C=O) groups excluding carboxylic acids is 1. The van der Waals surface area contributed by atoms with E-state index in [0.29, 0.717) is 17.5 Å². The average molecular weight is 414 g/mol. The summed E-state index contributed by atoms with van der Waals surface area (Å²) in [6.07, 6.45) is 7.29. The SMILES string of the molecule is Cc1cccc(C2CCc3nc(C(=O)N4CCC(Cc5ccccc5)CC4)cn3C2)c1. The molecule has 5 rings (SSSR count). The Kier molecular flexibility index (Phi) is 5.63. The van der Waals surface area contributed by atoms with Crippen LogP contribution >= 0.6 is 0 Å². The molecule has 0 saturated carbocycles. The summed E-state index contributed by atoms with van der Waals surface area (Å²) in [5.74, 6) is 2.33. The molecular formula is C27H31N3O. The van der Waals surface area contributed by atoms with Gasteiger partial charge in [0.1, 0.15) is 11.5 Å². The monoisotopic (exact) mass is 413 g/mol. The molecule has 0 spiro atoms. The lowest BCUT2D eigenvalue weighted by molar-refractivity contribution is 0.0685. The van der Waals surface area contributed by atoms with E-state index in [9.17, 15) is 4.79 Å². The lowest BCUT2D eigenvalue weighted by atomic mass is 9.90. The van der Waals surface area contributed by atoms with Gasteiger partial charge in [0.2, 0.25) is 0 Å². The van der Waals surface area contributed by atoms with Gasteiger partial charge in [0.05, 0.1) is 0 Å². The molecule has 4 heteroatoms. The molecule has 1 atom stereocenters. The van der Waals surface area contributed by atoms with Crippen molar-refractivity contribution in [3.05, 3.63) is 89.0 Å². The molecule has 3 aromatic rings. The normalized spacial score (nSPS) is 19.3. The fraction of sp³-hybridized carbons (Fsp3) is 0.407. The Labute approximate surface area is 184 Å². The van der Waals surface area contributed by atoms with Crippen molar-refractivity contribution in [1.29, 1.82) is 0 Å². The van der Waals surface area contributed by atoms with E-state index in [1.807, 2.05) is 11.1 Å². The van der Waals surface area contributed by atoms with E-state index in [2.05, 4.69) is 66.1 Å². The predicted molar refractivity (Wildman–Crippen MR) is 123 cm³/mol. The van der Waals surface area contributed by atoms with Gasteiger partial charge in [0, 0.05) is 38.2 Å². The number of likely N-dealkylation sites (tertiary alicyclic amines) is 1. The molecule has 0 bridgehead atoms. The maximum Gasteiger partial charge on any atom is 0.274 e. The number of rotatable bonds is 4. The van der Waals surface area contributed by atoms with E-state index >= 15 is 0 Å². The van der Waals surface area contributed by atoms with Crippen LogP contribution in [0.1, 0.15) is 58.2 Å². The zero-order chi connectivity index (χ0) is 21.2. The van der Waals surface area contributed by atoms with E-state index < -0.39 is 0 Å². The molecule has 0 N–H and O–H groups in total. The minimum atomic E-state index is 0.104. The number of imidazole rings is 1. The van der Waals surface area contributed by atoms with Crippen LogP contribution in [0.3, 0.4) is 0 Å². The molecule has 2 aliphatic rings. The Balaban J connectivity index is 1.21. The molecule has 1 saturated heterocycles. The van der Waals surface area contributed by atoms with Crippen molar-refractivity contribution in [2.24, 2.45) is 5.92 Å². The summed E-state index contributed by atoms with van der Waals surface area (Å²) in [6, 6.07) is 19.5. The number of amides is 1. The van der Waals surface area contributed by atoms with E-state index in [1.165, 1.54) is 16.7 Å². The summed E-state index contributed by atoms with van der Waals surface area (Å²) < 4.78 is 2.21. The molecule has 31 heavy (non-hydrogen) atoms. The Morgan fingerprint density at radius 3 is 2.61 bits per heavy atom. The molecule has 1 fully saturated rings. The smallest absolute Gasteiger partial charge is 0.274 e. The van der Waals surface area contributed by atoms with Gasteiger partial charge in [-0.1, -0.05) is 60.2 Å². The highest BCUT2D eigenvalue weighted by molar-refractivity contribution is 5.92. The average Bonchev–Trinajstić information content (AvgIpc) is 3.23. The minimum Gasteiger partial charge on any atom is -0.337 e. The lowest BCUT2D eigenvalue weighted by Crippen LogP contribution is -2.39. The van der Waals surface area contributed by atoms with Crippen LogP contribution in [0.5, 0.6) is 0 Å². The van der Waals surface area contributed by atoms with Crippen LogP contribution in [-0.2, 0) is 19.4 Å². The van der Waals surface area contributed by atoms with Crippen molar-refractivity contribution in [2.75, 3.05) is 13.1 Å². The number of aryl methyl sites for hydroxylation is 2. The molecule has 0 radical (unpaired) electrons. The second kappa shape index (κ2) is 8.70. The number of fused-ring (bicyclic) bond motifs is 1. The third kappa shape index (κ3) is 4.43. The number of carbonyl (C=O) groups is 1. The zero-order valence-corrected chi connectivity index (χ0v) is 18.3. The van der Waals surface area contributed by atoms with Gasteiger partial charge in [-0.25, -0.2) is 4.98 Å². The number of aromatic nitrogens is 2. The van der Waals surface area contributed by atoms with Crippen LogP contribution < -0.4 is 0 Å². The summed E-state index contributed by atoms with van der Waals surface area (Å²) in [5.41, 5.74) is 4.73. The van der Waals surface area contributed by atoms with Crippen LogP contribution in [0.2, 0.25) is 0 Å². The van der Waals surface area contributed by atoms with Gasteiger partial charge in [-0.05, 0) is 49.7 Å². The van der Waals surface area contributed by atoms with Gasteiger partial charge in [-0.2, -0.15) is 0 Å². The molecule has 1 unspecified atom stereocenters. The molecule has 3 heterocycles. The van der Waals surface area contributed by atoms with Gasteiger partial charge >= 0.3 is 0 Å². The summed E-state index contributed by atoms with van der Waals surface area (Å²) >= 11 is 0. The Bertz CT molecular complexity index is 1050. The largest absolute Gasteiger partial charge is 0.337 e. The molecule has 2 aliphatic heterocycles.